The number of anilines is 1. The van der Waals surface area contributed by atoms with E-state index in [-0.39, 0.29) is 0 Å². The van der Waals surface area contributed by atoms with Crippen molar-refractivity contribution in [1.29, 1.82) is 0 Å². The lowest BCUT2D eigenvalue weighted by Crippen LogP contribution is -1.89. The first-order chi connectivity index (χ1) is 10.2. The minimum Gasteiger partial charge on any atom is -0.384 e. The predicted molar refractivity (Wildman–Crippen MR) is 83.0 cm³/mol. The number of aromatic nitrogens is 3. The Bertz CT molecular complexity index is 762. The maximum Gasteiger partial charge on any atom is 0.258 e. The van der Waals surface area contributed by atoms with E-state index in [9.17, 15) is 0 Å². The molecule has 106 valence electrons. The molecule has 0 aliphatic carbocycles. The van der Waals surface area contributed by atoms with Gasteiger partial charge in [-0.3, -0.25) is 0 Å². The Balaban J connectivity index is 1.71. The van der Waals surface area contributed by atoms with Gasteiger partial charge in [0.05, 0.1) is 5.75 Å². The molecule has 0 fully saturated rings. The molecule has 0 aliphatic rings. The summed E-state index contributed by atoms with van der Waals surface area (Å²) in [6.07, 6.45) is 1.61. The average molecular weight is 319 g/mol. The van der Waals surface area contributed by atoms with Gasteiger partial charge in [-0.1, -0.05) is 22.8 Å². The van der Waals surface area contributed by atoms with E-state index in [4.69, 9.17) is 21.9 Å². The van der Waals surface area contributed by atoms with Crippen LogP contribution in [0.3, 0.4) is 0 Å². The van der Waals surface area contributed by atoms with E-state index in [1.807, 2.05) is 24.3 Å². The van der Waals surface area contributed by atoms with Crippen LogP contribution in [0.4, 0.5) is 5.82 Å². The largest absolute Gasteiger partial charge is 0.384 e. The first-order valence-corrected chi connectivity index (χ1v) is 7.50. The van der Waals surface area contributed by atoms with Crippen LogP contribution in [0.5, 0.6) is 0 Å². The molecule has 2 N–H and O–H groups in total. The van der Waals surface area contributed by atoms with Gasteiger partial charge in [-0.15, -0.1) is 11.8 Å². The summed E-state index contributed by atoms with van der Waals surface area (Å²) >= 11 is 7.54. The lowest BCUT2D eigenvalue weighted by molar-refractivity contribution is 0.425. The van der Waals surface area contributed by atoms with Gasteiger partial charge in [0, 0.05) is 21.7 Å². The van der Waals surface area contributed by atoms with Crippen LogP contribution in [0.25, 0.3) is 11.5 Å². The maximum atomic E-state index is 5.94. The summed E-state index contributed by atoms with van der Waals surface area (Å²) in [6.45, 7) is 0. The van der Waals surface area contributed by atoms with Gasteiger partial charge in [0.1, 0.15) is 5.82 Å². The number of hydrogen-bond acceptors (Lipinski definition) is 6. The monoisotopic (exact) mass is 318 g/mol. The number of rotatable bonds is 4. The van der Waals surface area contributed by atoms with Crippen molar-refractivity contribution in [2.75, 3.05) is 5.73 Å². The van der Waals surface area contributed by atoms with Crippen LogP contribution in [-0.2, 0) is 5.75 Å². The summed E-state index contributed by atoms with van der Waals surface area (Å²) in [5.41, 5.74) is 6.39. The van der Waals surface area contributed by atoms with Crippen LogP contribution < -0.4 is 5.73 Å². The molecular weight excluding hydrogens is 308 g/mol. The topological polar surface area (TPSA) is 77.8 Å². The van der Waals surface area contributed by atoms with E-state index in [0.717, 1.165) is 10.5 Å². The number of thioether (sulfide) groups is 1. The van der Waals surface area contributed by atoms with Crippen molar-refractivity contribution in [1.82, 2.24) is 15.1 Å². The molecule has 0 unspecified atom stereocenters. The normalized spacial score (nSPS) is 10.7. The van der Waals surface area contributed by atoms with Crippen molar-refractivity contribution in [3.05, 3.63) is 53.4 Å². The van der Waals surface area contributed by atoms with Gasteiger partial charge in [0.2, 0.25) is 0 Å². The zero-order valence-electron chi connectivity index (χ0n) is 10.9. The number of nitrogens with two attached hydrogens (primary N) is 1. The van der Waals surface area contributed by atoms with Crippen molar-refractivity contribution in [3.63, 3.8) is 0 Å². The van der Waals surface area contributed by atoms with Crippen LogP contribution in [0.15, 0.2) is 52.0 Å². The lowest BCUT2D eigenvalue weighted by Gasteiger charge is -1.98. The second-order valence-corrected chi connectivity index (χ2v) is 5.72. The lowest BCUT2D eigenvalue weighted by atomic mass is 10.2. The maximum absolute atomic E-state index is 5.94. The fourth-order valence-corrected chi connectivity index (χ4v) is 2.77. The molecule has 7 heteroatoms. The number of nitrogen functional groups attached to an aromatic ring is 1. The Kier molecular flexibility index (Phi) is 4.08. The summed E-state index contributed by atoms with van der Waals surface area (Å²) in [4.78, 5) is 9.33. The molecule has 21 heavy (non-hydrogen) atoms. The molecule has 0 atom stereocenters. The van der Waals surface area contributed by atoms with Crippen molar-refractivity contribution >= 4 is 29.2 Å². The zero-order chi connectivity index (χ0) is 14.7. The Morgan fingerprint density at radius 1 is 1.24 bits per heavy atom. The van der Waals surface area contributed by atoms with E-state index in [2.05, 4.69) is 15.1 Å². The molecular formula is C14H11ClN4OS. The van der Waals surface area contributed by atoms with Gasteiger partial charge < -0.3 is 10.3 Å². The van der Waals surface area contributed by atoms with Crippen LogP contribution in [0.1, 0.15) is 5.82 Å². The Morgan fingerprint density at radius 3 is 2.95 bits per heavy atom. The summed E-state index contributed by atoms with van der Waals surface area (Å²) in [5.74, 6) is 2.07. The van der Waals surface area contributed by atoms with E-state index in [1.165, 1.54) is 0 Å². The second kappa shape index (κ2) is 6.15. The molecule has 0 amide bonds. The molecule has 1 aromatic carbocycles. The number of halogens is 1. The van der Waals surface area contributed by atoms with Gasteiger partial charge >= 0.3 is 0 Å². The van der Waals surface area contributed by atoms with Crippen LogP contribution in [0, 0.1) is 0 Å². The van der Waals surface area contributed by atoms with Crippen molar-refractivity contribution in [2.45, 2.75) is 10.6 Å². The zero-order valence-corrected chi connectivity index (χ0v) is 12.4. The molecule has 2 aromatic heterocycles. The second-order valence-electron chi connectivity index (χ2n) is 4.23. The van der Waals surface area contributed by atoms with Gasteiger partial charge in [-0.05, 0) is 30.3 Å². The van der Waals surface area contributed by atoms with E-state index in [0.29, 0.717) is 28.3 Å². The third kappa shape index (κ3) is 3.53. The minimum atomic E-state index is 0.417. The molecule has 3 rings (SSSR count). The molecule has 0 saturated carbocycles. The average Bonchev–Trinajstić information content (AvgIpc) is 2.94. The summed E-state index contributed by atoms with van der Waals surface area (Å²) in [6, 6.07) is 11.1. The standard InChI is InChI=1S/C14H11ClN4OS/c15-10-2-1-3-11(7-10)21-8-13-18-14(20-19-13)9-4-5-17-12(16)6-9/h1-7H,8H2,(H2,16,17). The highest BCUT2D eigenvalue weighted by atomic mass is 35.5. The Labute approximate surface area is 130 Å². The van der Waals surface area contributed by atoms with E-state index in [1.54, 1.807) is 30.1 Å². The summed E-state index contributed by atoms with van der Waals surface area (Å²) in [5, 5.41) is 4.67. The first kappa shape index (κ1) is 13.9. The van der Waals surface area contributed by atoms with E-state index >= 15 is 0 Å². The number of nitrogens with zero attached hydrogens (tertiary/aromatic N) is 3. The molecule has 5 nitrogen and oxygen atoms in total. The quantitative estimate of drug-likeness (QED) is 0.740. The highest BCUT2D eigenvalue weighted by Gasteiger charge is 2.09. The fraction of sp³-hybridized carbons (Fsp3) is 0.0714. The van der Waals surface area contributed by atoms with Crippen molar-refractivity contribution < 1.29 is 4.52 Å². The van der Waals surface area contributed by atoms with Gasteiger partial charge in [-0.25, -0.2) is 4.98 Å². The number of hydrogen-bond donors (Lipinski definition) is 1. The number of pyridine rings is 1. The molecule has 3 aromatic rings. The molecule has 0 aliphatic heterocycles. The molecule has 2 heterocycles. The van der Waals surface area contributed by atoms with Crippen molar-refractivity contribution in [3.8, 4) is 11.5 Å². The third-order valence-electron chi connectivity index (χ3n) is 2.66. The highest BCUT2D eigenvalue weighted by molar-refractivity contribution is 7.98. The molecule has 0 saturated heterocycles. The first-order valence-electron chi connectivity index (χ1n) is 6.13. The summed E-state index contributed by atoms with van der Waals surface area (Å²) in [7, 11) is 0. The predicted octanol–water partition coefficient (Wildman–Crippen LogP) is 3.66. The van der Waals surface area contributed by atoms with Crippen LogP contribution in [-0.4, -0.2) is 15.1 Å². The SMILES string of the molecule is Nc1cc(-c2nc(CSc3cccc(Cl)c3)no2)ccn1. The smallest absolute Gasteiger partial charge is 0.258 e. The Morgan fingerprint density at radius 2 is 2.14 bits per heavy atom. The third-order valence-corrected chi connectivity index (χ3v) is 3.89. The fourth-order valence-electron chi connectivity index (χ4n) is 1.72. The van der Waals surface area contributed by atoms with Gasteiger partial charge in [-0.2, -0.15) is 4.98 Å². The molecule has 0 spiro atoms. The number of benzene rings is 1. The van der Waals surface area contributed by atoms with Crippen LogP contribution in [0.2, 0.25) is 5.02 Å². The van der Waals surface area contributed by atoms with E-state index < -0.39 is 0 Å². The van der Waals surface area contributed by atoms with Crippen LogP contribution >= 0.6 is 23.4 Å². The van der Waals surface area contributed by atoms with Gasteiger partial charge in [0.15, 0.2) is 5.82 Å². The molecule has 0 bridgehead atoms. The van der Waals surface area contributed by atoms with Gasteiger partial charge in [0.25, 0.3) is 5.89 Å². The van der Waals surface area contributed by atoms with Crippen molar-refractivity contribution in [2.24, 2.45) is 0 Å². The highest BCUT2D eigenvalue weighted by Crippen LogP contribution is 2.25. The minimum absolute atomic E-state index is 0.417. The summed E-state index contributed by atoms with van der Waals surface area (Å²) < 4.78 is 5.23. The Hall–Kier alpha value is -2.05. The molecule has 0 radical (unpaired) electrons.